The molecule has 2 aromatic rings. The van der Waals surface area contributed by atoms with Crippen LogP contribution in [0.15, 0.2) is 24.4 Å². The fraction of sp³-hybridized carbons (Fsp3) is 0.353. The first-order chi connectivity index (χ1) is 9.43. The summed E-state index contributed by atoms with van der Waals surface area (Å²) >= 11 is 6.36. The highest BCUT2D eigenvalue weighted by Crippen LogP contribution is 2.24. The number of hydrogen-bond donors (Lipinski definition) is 0. The molecule has 0 aliphatic rings. The Balaban J connectivity index is 0.00000220. The summed E-state index contributed by atoms with van der Waals surface area (Å²) in [5.41, 5.74) is 6.15. The Morgan fingerprint density at radius 1 is 1.05 bits per heavy atom. The van der Waals surface area contributed by atoms with Crippen LogP contribution < -0.4 is 21.7 Å². The lowest BCUT2D eigenvalue weighted by Gasteiger charge is -2.12. The summed E-state index contributed by atoms with van der Waals surface area (Å²) in [5, 5.41) is 0.759. The highest BCUT2D eigenvalue weighted by Gasteiger charge is 2.16. The van der Waals surface area contributed by atoms with Gasteiger partial charge in [0, 0.05) is 22.8 Å². The molecule has 4 heteroatoms. The minimum atomic E-state index is 0. The van der Waals surface area contributed by atoms with Crippen molar-refractivity contribution in [3.63, 3.8) is 0 Å². The van der Waals surface area contributed by atoms with E-state index in [9.17, 15) is 0 Å². The van der Waals surface area contributed by atoms with Crippen LogP contribution in [0.5, 0.6) is 5.75 Å². The summed E-state index contributed by atoms with van der Waals surface area (Å²) in [4.78, 5) is 0. The minimum Gasteiger partial charge on any atom is -1.00 e. The molecule has 0 aliphatic carbocycles. The van der Waals surface area contributed by atoms with E-state index in [1.54, 1.807) is 7.11 Å². The molecule has 0 saturated heterocycles. The van der Waals surface area contributed by atoms with Gasteiger partial charge in [0.1, 0.15) is 5.75 Å². The van der Waals surface area contributed by atoms with Crippen molar-refractivity contribution >= 4 is 11.6 Å². The van der Waals surface area contributed by atoms with E-state index in [1.165, 1.54) is 27.8 Å². The van der Waals surface area contributed by atoms with E-state index in [0.717, 1.165) is 17.4 Å². The van der Waals surface area contributed by atoms with Crippen LogP contribution in [0.25, 0.3) is 0 Å². The van der Waals surface area contributed by atoms with Gasteiger partial charge in [-0.25, -0.2) is 0 Å². The average Bonchev–Trinajstić information content (AvgIpc) is 2.40. The molecule has 0 fully saturated rings. The van der Waals surface area contributed by atoms with Crippen LogP contribution in [0, 0.1) is 27.7 Å². The number of halogens is 2. The monoisotopic (exact) mass is 325 g/mol. The van der Waals surface area contributed by atoms with Gasteiger partial charge in [-0.1, -0.05) is 6.07 Å². The van der Waals surface area contributed by atoms with Crippen LogP contribution in [-0.4, -0.2) is 7.11 Å². The Labute approximate surface area is 138 Å². The number of pyridine rings is 1. The normalized spacial score (nSPS) is 10.2. The van der Waals surface area contributed by atoms with Crippen molar-refractivity contribution < 1.29 is 21.7 Å². The van der Waals surface area contributed by atoms with Crippen molar-refractivity contribution in [1.82, 2.24) is 0 Å². The lowest BCUT2D eigenvalue weighted by molar-refractivity contribution is -0.686. The predicted octanol–water partition coefficient (Wildman–Crippen LogP) is 0.922. The molecule has 1 aromatic heterocycles. The molecule has 1 aromatic carbocycles. The van der Waals surface area contributed by atoms with Crippen molar-refractivity contribution in [2.45, 2.75) is 34.2 Å². The standard InChI is InChI=1S/C17H21ClNO.ClH/c1-11-6-7-16(20-5)14(4)15(11)10-19-9-13(3)12(2)8-17(19)18;/h6-9H,10H2,1-5H3;1H/q+1;/p-1. The summed E-state index contributed by atoms with van der Waals surface area (Å²) in [6.45, 7) is 9.16. The third-order valence-electron chi connectivity index (χ3n) is 3.91. The van der Waals surface area contributed by atoms with Gasteiger partial charge in [-0.05, 0) is 56.5 Å². The van der Waals surface area contributed by atoms with Gasteiger partial charge in [0.25, 0.3) is 5.15 Å². The van der Waals surface area contributed by atoms with Crippen molar-refractivity contribution in [3.8, 4) is 5.75 Å². The zero-order chi connectivity index (χ0) is 14.9. The zero-order valence-electron chi connectivity index (χ0n) is 13.1. The van der Waals surface area contributed by atoms with Gasteiger partial charge in [0.2, 0.25) is 0 Å². The minimum absolute atomic E-state index is 0. The molecule has 0 aliphatic heterocycles. The number of hydrogen-bond acceptors (Lipinski definition) is 1. The molecule has 0 saturated carbocycles. The number of ether oxygens (including phenoxy) is 1. The molecule has 0 radical (unpaired) electrons. The maximum atomic E-state index is 6.36. The van der Waals surface area contributed by atoms with Crippen LogP contribution in [0.4, 0.5) is 0 Å². The quantitative estimate of drug-likeness (QED) is 0.604. The van der Waals surface area contributed by atoms with Gasteiger partial charge in [0.15, 0.2) is 12.7 Å². The second kappa shape index (κ2) is 7.15. The molecule has 2 nitrogen and oxygen atoms in total. The molecule has 0 bridgehead atoms. The third-order valence-corrected chi connectivity index (χ3v) is 4.24. The lowest BCUT2D eigenvalue weighted by Crippen LogP contribution is -3.00. The Morgan fingerprint density at radius 2 is 1.71 bits per heavy atom. The van der Waals surface area contributed by atoms with E-state index >= 15 is 0 Å². The van der Waals surface area contributed by atoms with Crippen molar-refractivity contribution in [3.05, 3.63) is 57.4 Å². The molecule has 114 valence electrons. The molecule has 0 N–H and O–H groups in total. The maximum absolute atomic E-state index is 6.36. The molecule has 0 spiro atoms. The Kier molecular flexibility index (Phi) is 6.06. The second-order valence-electron chi connectivity index (χ2n) is 5.28. The number of aryl methyl sites for hydroxylation is 3. The lowest BCUT2D eigenvalue weighted by atomic mass is 10.0. The van der Waals surface area contributed by atoms with Crippen molar-refractivity contribution in [2.75, 3.05) is 7.11 Å². The van der Waals surface area contributed by atoms with E-state index < -0.39 is 0 Å². The average molecular weight is 326 g/mol. The van der Waals surface area contributed by atoms with Gasteiger partial charge in [-0.2, -0.15) is 4.57 Å². The molecule has 2 rings (SSSR count). The zero-order valence-corrected chi connectivity index (χ0v) is 14.6. The van der Waals surface area contributed by atoms with Gasteiger partial charge < -0.3 is 17.1 Å². The van der Waals surface area contributed by atoms with E-state index in [4.69, 9.17) is 16.3 Å². The van der Waals surface area contributed by atoms with Crippen LogP contribution >= 0.6 is 11.6 Å². The van der Waals surface area contributed by atoms with Crippen LogP contribution in [-0.2, 0) is 6.54 Å². The second-order valence-corrected chi connectivity index (χ2v) is 5.67. The van der Waals surface area contributed by atoms with E-state index in [-0.39, 0.29) is 12.4 Å². The summed E-state index contributed by atoms with van der Waals surface area (Å²) < 4.78 is 7.49. The molecular formula is C17H21Cl2NO. The molecule has 0 atom stereocenters. The van der Waals surface area contributed by atoms with Gasteiger partial charge in [-0.15, -0.1) is 0 Å². The Hall–Kier alpha value is -1.25. The number of benzene rings is 1. The number of methoxy groups -OCH3 is 1. The first-order valence-corrected chi connectivity index (χ1v) is 7.11. The number of nitrogens with zero attached hydrogens (tertiary/aromatic N) is 1. The van der Waals surface area contributed by atoms with Crippen molar-refractivity contribution in [1.29, 1.82) is 0 Å². The van der Waals surface area contributed by atoms with Gasteiger partial charge in [-0.3, -0.25) is 0 Å². The smallest absolute Gasteiger partial charge is 0.275 e. The maximum Gasteiger partial charge on any atom is 0.275 e. The Bertz CT molecular complexity index is 654. The molecule has 21 heavy (non-hydrogen) atoms. The third kappa shape index (κ3) is 3.69. The van der Waals surface area contributed by atoms with Crippen LogP contribution in [0.3, 0.4) is 0 Å². The summed E-state index contributed by atoms with van der Waals surface area (Å²) in [7, 11) is 1.71. The highest BCUT2D eigenvalue weighted by atomic mass is 35.5. The summed E-state index contributed by atoms with van der Waals surface area (Å²) in [5.74, 6) is 0.922. The van der Waals surface area contributed by atoms with Gasteiger partial charge in [0.05, 0.1) is 7.11 Å². The molecule has 0 unspecified atom stereocenters. The fourth-order valence-corrected chi connectivity index (χ4v) is 2.67. The Morgan fingerprint density at radius 3 is 2.33 bits per heavy atom. The topological polar surface area (TPSA) is 13.1 Å². The molecule has 1 heterocycles. The summed E-state index contributed by atoms with van der Waals surface area (Å²) in [6.07, 6.45) is 2.11. The molecule has 0 amide bonds. The first-order valence-electron chi connectivity index (χ1n) is 6.73. The van der Waals surface area contributed by atoms with E-state index in [2.05, 4.69) is 44.5 Å². The largest absolute Gasteiger partial charge is 1.00 e. The number of rotatable bonds is 3. The van der Waals surface area contributed by atoms with Gasteiger partial charge >= 0.3 is 0 Å². The summed E-state index contributed by atoms with van der Waals surface area (Å²) in [6, 6.07) is 6.12. The van der Waals surface area contributed by atoms with Crippen molar-refractivity contribution in [2.24, 2.45) is 0 Å². The van der Waals surface area contributed by atoms with Crippen LogP contribution in [0.1, 0.15) is 27.8 Å². The van der Waals surface area contributed by atoms with E-state index in [1.807, 2.05) is 12.1 Å². The number of aromatic nitrogens is 1. The highest BCUT2D eigenvalue weighted by molar-refractivity contribution is 6.28. The van der Waals surface area contributed by atoms with Crippen LogP contribution in [0.2, 0.25) is 5.15 Å². The van der Waals surface area contributed by atoms with E-state index in [0.29, 0.717) is 0 Å². The first kappa shape index (κ1) is 17.8. The predicted molar refractivity (Wildman–Crippen MR) is 82.7 cm³/mol. The fourth-order valence-electron chi connectivity index (χ4n) is 2.40. The molecular weight excluding hydrogens is 305 g/mol. The SMILES string of the molecule is COc1ccc(C)c(C[n+]2cc(C)c(C)cc2Cl)c1C.[Cl-].